The zero-order chi connectivity index (χ0) is 17.8. The van der Waals surface area contributed by atoms with E-state index in [1.807, 2.05) is 44.2 Å². The van der Waals surface area contributed by atoms with Gasteiger partial charge in [-0.05, 0) is 38.1 Å². The summed E-state index contributed by atoms with van der Waals surface area (Å²) in [5, 5.41) is 8.89. The van der Waals surface area contributed by atoms with Gasteiger partial charge in [0.05, 0.1) is 23.2 Å². The highest BCUT2D eigenvalue weighted by molar-refractivity contribution is 6.32. The van der Waals surface area contributed by atoms with E-state index in [2.05, 4.69) is 15.6 Å². The molecule has 0 atom stereocenters. The molecule has 1 N–H and O–H groups in total. The molecule has 126 valence electrons. The quantitative estimate of drug-likeness (QED) is 0.571. The lowest BCUT2D eigenvalue weighted by molar-refractivity contribution is 0.0955. The number of hydrogen-bond acceptors (Lipinski definition) is 3. The molecule has 25 heavy (non-hydrogen) atoms. The van der Waals surface area contributed by atoms with Crippen molar-refractivity contribution in [3.8, 4) is 5.69 Å². The molecule has 1 amide bonds. The van der Waals surface area contributed by atoms with Gasteiger partial charge in [-0.15, -0.1) is 0 Å². The van der Waals surface area contributed by atoms with Crippen molar-refractivity contribution in [1.82, 2.24) is 15.2 Å². The second-order valence-electron chi connectivity index (χ2n) is 5.60. The van der Waals surface area contributed by atoms with Crippen molar-refractivity contribution in [2.75, 3.05) is 0 Å². The van der Waals surface area contributed by atoms with E-state index in [-0.39, 0.29) is 5.91 Å². The normalized spacial score (nSPS) is 11.0. The van der Waals surface area contributed by atoms with Crippen molar-refractivity contribution in [2.24, 2.45) is 5.10 Å². The number of carbonyl (C=O) groups excluding carboxylic acids is 1. The monoisotopic (exact) mass is 352 g/mol. The van der Waals surface area contributed by atoms with E-state index < -0.39 is 0 Å². The predicted molar refractivity (Wildman–Crippen MR) is 99.6 cm³/mol. The minimum Gasteiger partial charge on any atom is -0.267 e. The SMILES string of the molecule is Cc1ccc(-n2nc(C)c(/C=N/NC(=O)c3ccccc3)c2Cl)cc1. The van der Waals surface area contributed by atoms with Crippen molar-refractivity contribution in [1.29, 1.82) is 0 Å². The second kappa shape index (κ2) is 7.32. The summed E-state index contributed by atoms with van der Waals surface area (Å²) in [5.74, 6) is -0.281. The molecule has 0 unspecified atom stereocenters. The maximum atomic E-state index is 12.0. The smallest absolute Gasteiger partial charge is 0.267 e. The number of hydrogen-bond donors (Lipinski definition) is 1. The molecule has 5 nitrogen and oxygen atoms in total. The van der Waals surface area contributed by atoms with Crippen LogP contribution in [0.1, 0.15) is 27.2 Å². The molecule has 0 aliphatic heterocycles. The number of halogens is 1. The largest absolute Gasteiger partial charge is 0.271 e. The second-order valence-corrected chi connectivity index (χ2v) is 5.96. The van der Waals surface area contributed by atoms with Crippen LogP contribution in [0.3, 0.4) is 0 Å². The Bertz CT molecular complexity index is 915. The molecule has 2 aromatic carbocycles. The first-order valence-corrected chi connectivity index (χ1v) is 8.14. The van der Waals surface area contributed by atoms with E-state index in [1.54, 1.807) is 28.9 Å². The predicted octanol–water partition coefficient (Wildman–Crippen LogP) is 3.91. The number of hydrazone groups is 1. The molecule has 3 aromatic rings. The van der Waals surface area contributed by atoms with Crippen molar-refractivity contribution < 1.29 is 4.79 Å². The van der Waals surface area contributed by atoms with Crippen LogP contribution in [0.4, 0.5) is 0 Å². The molecule has 6 heteroatoms. The molecular weight excluding hydrogens is 336 g/mol. The summed E-state index contributed by atoms with van der Waals surface area (Å²) in [7, 11) is 0. The molecule has 0 aliphatic rings. The van der Waals surface area contributed by atoms with Gasteiger partial charge in [0.1, 0.15) is 5.15 Å². The maximum Gasteiger partial charge on any atom is 0.271 e. The van der Waals surface area contributed by atoms with Crippen molar-refractivity contribution in [3.05, 3.63) is 82.1 Å². The molecule has 1 aromatic heterocycles. The Morgan fingerprint density at radius 2 is 1.80 bits per heavy atom. The van der Waals surface area contributed by atoms with Gasteiger partial charge in [0.2, 0.25) is 0 Å². The fourth-order valence-electron chi connectivity index (χ4n) is 2.32. The average Bonchev–Trinajstić information content (AvgIpc) is 2.91. The van der Waals surface area contributed by atoms with Crippen molar-refractivity contribution in [2.45, 2.75) is 13.8 Å². The lowest BCUT2D eigenvalue weighted by Crippen LogP contribution is -2.17. The van der Waals surface area contributed by atoms with Gasteiger partial charge in [0.25, 0.3) is 5.91 Å². The van der Waals surface area contributed by atoms with Crippen LogP contribution in [0.5, 0.6) is 0 Å². The van der Waals surface area contributed by atoms with Gasteiger partial charge in [-0.25, -0.2) is 10.1 Å². The molecular formula is C19H17ClN4O. The molecule has 0 bridgehead atoms. The Labute approximate surface area is 150 Å². The Hall–Kier alpha value is -2.92. The van der Waals surface area contributed by atoms with Gasteiger partial charge in [-0.3, -0.25) is 4.79 Å². The minimum absolute atomic E-state index is 0.281. The summed E-state index contributed by atoms with van der Waals surface area (Å²) in [6, 6.07) is 16.8. The molecule has 0 saturated heterocycles. The van der Waals surface area contributed by atoms with Gasteiger partial charge in [-0.1, -0.05) is 47.5 Å². The molecule has 0 radical (unpaired) electrons. The highest BCUT2D eigenvalue weighted by atomic mass is 35.5. The van der Waals surface area contributed by atoms with Crippen LogP contribution in [-0.4, -0.2) is 21.9 Å². The van der Waals surface area contributed by atoms with Crippen LogP contribution >= 0.6 is 11.6 Å². The van der Waals surface area contributed by atoms with E-state index >= 15 is 0 Å². The Balaban J connectivity index is 1.79. The van der Waals surface area contributed by atoms with Crippen molar-refractivity contribution >= 4 is 23.7 Å². The average molecular weight is 353 g/mol. The highest BCUT2D eigenvalue weighted by Gasteiger charge is 2.13. The van der Waals surface area contributed by atoms with Gasteiger partial charge >= 0.3 is 0 Å². The number of aromatic nitrogens is 2. The first-order chi connectivity index (χ1) is 12.1. The summed E-state index contributed by atoms with van der Waals surface area (Å²) in [5.41, 5.74) is 6.45. The Kier molecular flexibility index (Phi) is 4.95. The molecule has 0 fully saturated rings. The van der Waals surface area contributed by atoms with Crippen molar-refractivity contribution in [3.63, 3.8) is 0 Å². The summed E-state index contributed by atoms with van der Waals surface area (Å²) >= 11 is 6.43. The van der Waals surface area contributed by atoms with Gasteiger partial charge in [-0.2, -0.15) is 10.2 Å². The maximum absolute atomic E-state index is 12.0. The minimum atomic E-state index is -0.281. The molecule has 0 saturated carbocycles. The number of benzene rings is 2. The van der Waals surface area contributed by atoms with Crippen LogP contribution in [0.2, 0.25) is 5.15 Å². The summed E-state index contributed by atoms with van der Waals surface area (Å²) in [6.45, 7) is 3.87. The fourth-order valence-corrected chi connectivity index (χ4v) is 2.65. The zero-order valence-corrected chi connectivity index (χ0v) is 14.7. The molecule has 0 spiro atoms. The molecule has 1 heterocycles. The molecule has 0 aliphatic carbocycles. The van der Waals surface area contributed by atoms with Crippen LogP contribution < -0.4 is 5.43 Å². The standard InChI is InChI=1S/C19H17ClN4O/c1-13-8-10-16(11-9-13)24-18(20)17(14(2)23-24)12-21-22-19(25)15-6-4-3-5-7-15/h3-12H,1-2H3,(H,22,25)/b21-12+. The van der Waals surface area contributed by atoms with Gasteiger partial charge in [0.15, 0.2) is 0 Å². The zero-order valence-electron chi connectivity index (χ0n) is 13.9. The molecule has 3 rings (SSSR count). The number of carbonyl (C=O) groups is 1. The summed E-state index contributed by atoms with van der Waals surface area (Å²) < 4.78 is 1.65. The first-order valence-electron chi connectivity index (χ1n) is 7.77. The van der Waals surface area contributed by atoms with E-state index in [9.17, 15) is 4.79 Å². The van der Waals surface area contributed by atoms with E-state index in [0.717, 1.165) is 16.9 Å². The first kappa shape index (κ1) is 16.9. The number of nitrogens with zero attached hydrogens (tertiary/aromatic N) is 3. The third kappa shape index (κ3) is 3.78. The summed E-state index contributed by atoms with van der Waals surface area (Å²) in [4.78, 5) is 12.0. The van der Waals surface area contributed by atoms with Gasteiger partial charge < -0.3 is 0 Å². The third-order valence-electron chi connectivity index (χ3n) is 3.72. The van der Waals surface area contributed by atoms with Crippen LogP contribution in [0.15, 0.2) is 59.7 Å². The number of aryl methyl sites for hydroxylation is 2. The number of nitrogens with one attached hydrogen (secondary N) is 1. The third-order valence-corrected chi connectivity index (χ3v) is 4.09. The lowest BCUT2D eigenvalue weighted by Gasteiger charge is -2.03. The van der Waals surface area contributed by atoms with E-state index in [4.69, 9.17) is 11.6 Å². The number of rotatable bonds is 4. The Morgan fingerprint density at radius 1 is 1.12 bits per heavy atom. The topological polar surface area (TPSA) is 59.3 Å². The highest BCUT2D eigenvalue weighted by Crippen LogP contribution is 2.22. The van der Waals surface area contributed by atoms with E-state index in [1.165, 1.54) is 6.21 Å². The van der Waals surface area contributed by atoms with Crippen LogP contribution in [0, 0.1) is 13.8 Å². The van der Waals surface area contributed by atoms with Crippen LogP contribution in [0.25, 0.3) is 5.69 Å². The van der Waals surface area contributed by atoms with Gasteiger partial charge in [0, 0.05) is 5.56 Å². The van der Waals surface area contributed by atoms with E-state index in [0.29, 0.717) is 16.3 Å². The fraction of sp³-hybridized carbons (Fsp3) is 0.105. The van der Waals surface area contributed by atoms with Crippen LogP contribution in [-0.2, 0) is 0 Å². The number of amides is 1. The lowest BCUT2D eigenvalue weighted by atomic mass is 10.2. The Morgan fingerprint density at radius 3 is 2.48 bits per heavy atom. The summed E-state index contributed by atoms with van der Waals surface area (Å²) in [6.07, 6.45) is 1.51.